The maximum absolute atomic E-state index is 11.2. The number of sulfonamides is 1. The summed E-state index contributed by atoms with van der Waals surface area (Å²) in [7, 11) is -3.19. The molecule has 2 heterocycles. The molecule has 1 fully saturated rings. The quantitative estimate of drug-likeness (QED) is 0.707. The van der Waals surface area contributed by atoms with Gasteiger partial charge >= 0.3 is 0 Å². The zero-order chi connectivity index (χ0) is 13.0. The Kier molecular flexibility index (Phi) is 4.39. The smallest absolute Gasteiger partial charge is 0.208 e. The zero-order valence-corrected chi connectivity index (χ0v) is 11.2. The zero-order valence-electron chi connectivity index (χ0n) is 10.4. The van der Waals surface area contributed by atoms with Gasteiger partial charge in [0, 0.05) is 0 Å². The average molecular weight is 275 g/mol. The molecule has 0 bridgehead atoms. The van der Waals surface area contributed by atoms with Gasteiger partial charge in [-0.2, -0.15) is 0 Å². The van der Waals surface area contributed by atoms with Crippen LogP contribution in [0.25, 0.3) is 0 Å². The number of quaternary nitrogens is 1. The molecule has 1 aromatic heterocycles. The van der Waals surface area contributed by atoms with E-state index in [9.17, 15) is 8.42 Å². The molecule has 0 unspecified atom stereocenters. The fraction of sp³-hybridized carbons (Fsp3) is 0.636. The van der Waals surface area contributed by atoms with Gasteiger partial charge in [-0.05, 0) is 12.1 Å². The highest BCUT2D eigenvalue weighted by Gasteiger charge is 2.29. The summed E-state index contributed by atoms with van der Waals surface area (Å²) < 4.78 is 35.7. The van der Waals surface area contributed by atoms with Crippen LogP contribution in [0.2, 0.25) is 0 Å². The topological polar surface area (TPSA) is 73.0 Å². The molecular weight excluding hydrogens is 256 g/mol. The van der Waals surface area contributed by atoms with Crippen molar-refractivity contribution in [2.75, 3.05) is 39.1 Å². The van der Waals surface area contributed by atoms with Gasteiger partial charge in [-0.25, -0.2) is 13.1 Å². The van der Waals surface area contributed by atoms with E-state index in [4.69, 9.17) is 9.15 Å². The summed E-state index contributed by atoms with van der Waals surface area (Å²) in [5, 5.41) is 0. The molecule has 1 aromatic rings. The van der Waals surface area contributed by atoms with Gasteiger partial charge < -0.3 is 14.1 Å². The predicted molar refractivity (Wildman–Crippen MR) is 65.8 cm³/mol. The Balaban J connectivity index is 2.07. The fourth-order valence-electron chi connectivity index (χ4n) is 2.15. The Morgan fingerprint density at radius 2 is 2.17 bits per heavy atom. The van der Waals surface area contributed by atoms with Crippen molar-refractivity contribution < 1.29 is 22.5 Å². The number of hydrogen-bond acceptors (Lipinski definition) is 4. The first-order chi connectivity index (χ1) is 8.56. The highest BCUT2D eigenvalue weighted by molar-refractivity contribution is 7.88. The number of morpholine rings is 1. The molecule has 7 heteroatoms. The molecule has 102 valence electrons. The van der Waals surface area contributed by atoms with Crippen molar-refractivity contribution in [3.8, 4) is 0 Å². The highest BCUT2D eigenvalue weighted by atomic mass is 32.2. The van der Waals surface area contributed by atoms with Crippen LogP contribution in [0.3, 0.4) is 0 Å². The Labute approximate surface area is 107 Å². The van der Waals surface area contributed by atoms with Gasteiger partial charge in [0.2, 0.25) is 10.0 Å². The lowest BCUT2D eigenvalue weighted by molar-refractivity contribution is -0.938. The van der Waals surface area contributed by atoms with Gasteiger partial charge in [0.15, 0.2) is 11.8 Å². The average Bonchev–Trinajstić information content (AvgIpc) is 2.83. The van der Waals surface area contributed by atoms with Gasteiger partial charge in [0.05, 0.1) is 32.3 Å². The molecule has 18 heavy (non-hydrogen) atoms. The molecule has 6 nitrogen and oxygen atoms in total. The van der Waals surface area contributed by atoms with Crippen molar-refractivity contribution in [1.29, 1.82) is 0 Å². The monoisotopic (exact) mass is 275 g/mol. The van der Waals surface area contributed by atoms with Crippen molar-refractivity contribution in [2.24, 2.45) is 0 Å². The fourth-order valence-corrected chi connectivity index (χ4v) is 2.62. The summed E-state index contributed by atoms with van der Waals surface area (Å²) in [6, 6.07) is 3.71. The normalized spacial score (nSPS) is 19.8. The van der Waals surface area contributed by atoms with Crippen LogP contribution in [0.5, 0.6) is 0 Å². The molecule has 1 saturated heterocycles. The summed E-state index contributed by atoms with van der Waals surface area (Å²) in [5.74, 6) is 0.808. The standard InChI is InChI=1S/C11H18N2O4S/c1-18(14,15)12-9-10(11-3-2-6-17-11)13-4-7-16-8-5-13/h2-3,6,10,12H,4-5,7-9H2,1H3/p+1/t10-/m0/s1. The lowest BCUT2D eigenvalue weighted by Gasteiger charge is -2.30. The molecular formula is C11H19N2O4S+. The molecule has 2 N–H and O–H groups in total. The molecule has 0 aliphatic carbocycles. The molecule has 0 aromatic carbocycles. The van der Waals surface area contributed by atoms with E-state index in [-0.39, 0.29) is 6.04 Å². The molecule has 1 atom stereocenters. The van der Waals surface area contributed by atoms with Crippen LogP contribution >= 0.6 is 0 Å². The first kappa shape index (κ1) is 13.5. The molecule has 0 saturated carbocycles. The van der Waals surface area contributed by atoms with E-state index in [1.807, 2.05) is 12.1 Å². The van der Waals surface area contributed by atoms with Crippen molar-refractivity contribution >= 4 is 10.0 Å². The van der Waals surface area contributed by atoms with Crippen molar-refractivity contribution in [2.45, 2.75) is 6.04 Å². The maximum Gasteiger partial charge on any atom is 0.208 e. The summed E-state index contributed by atoms with van der Waals surface area (Å²) in [4.78, 5) is 1.28. The van der Waals surface area contributed by atoms with E-state index in [0.29, 0.717) is 19.8 Å². The lowest BCUT2D eigenvalue weighted by atomic mass is 10.2. The van der Waals surface area contributed by atoms with E-state index in [0.717, 1.165) is 18.8 Å². The van der Waals surface area contributed by atoms with Crippen LogP contribution in [0.15, 0.2) is 22.8 Å². The maximum atomic E-state index is 11.2. The number of furan rings is 1. The van der Waals surface area contributed by atoms with E-state index in [2.05, 4.69) is 4.72 Å². The second-order valence-corrected chi connectivity index (χ2v) is 6.29. The third-order valence-electron chi connectivity index (χ3n) is 3.06. The van der Waals surface area contributed by atoms with Gasteiger partial charge in [0.25, 0.3) is 0 Å². The Hall–Kier alpha value is -0.890. The largest absolute Gasteiger partial charge is 0.463 e. The molecule has 2 rings (SSSR count). The molecule has 1 aliphatic heterocycles. The summed E-state index contributed by atoms with van der Waals surface area (Å²) in [6.07, 6.45) is 2.78. The minimum absolute atomic E-state index is 0.00127. The van der Waals surface area contributed by atoms with E-state index in [1.54, 1.807) is 6.26 Å². The van der Waals surface area contributed by atoms with Crippen molar-refractivity contribution in [1.82, 2.24) is 4.72 Å². The summed E-state index contributed by atoms with van der Waals surface area (Å²) >= 11 is 0. The number of ether oxygens (including phenoxy) is 1. The SMILES string of the molecule is CS(=O)(=O)NC[C@@H](c1ccco1)[NH+]1CCOCC1. The van der Waals surface area contributed by atoms with E-state index < -0.39 is 10.0 Å². The van der Waals surface area contributed by atoms with E-state index in [1.165, 1.54) is 11.2 Å². The third kappa shape index (κ3) is 3.81. The third-order valence-corrected chi connectivity index (χ3v) is 3.76. The number of hydrogen-bond donors (Lipinski definition) is 2. The second-order valence-electron chi connectivity index (χ2n) is 4.46. The van der Waals surface area contributed by atoms with Crippen LogP contribution in [-0.4, -0.2) is 47.5 Å². The first-order valence-electron chi connectivity index (χ1n) is 5.96. The van der Waals surface area contributed by atoms with Crippen LogP contribution in [-0.2, 0) is 14.8 Å². The number of rotatable bonds is 5. The van der Waals surface area contributed by atoms with E-state index >= 15 is 0 Å². The minimum atomic E-state index is -3.19. The first-order valence-corrected chi connectivity index (χ1v) is 7.86. The molecule has 0 amide bonds. The Morgan fingerprint density at radius 1 is 1.44 bits per heavy atom. The summed E-state index contributed by atoms with van der Waals surface area (Å²) in [6.45, 7) is 3.46. The van der Waals surface area contributed by atoms with Gasteiger partial charge in [-0.15, -0.1) is 0 Å². The summed E-state index contributed by atoms with van der Waals surface area (Å²) in [5.41, 5.74) is 0. The number of nitrogens with one attached hydrogen (secondary N) is 2. The second kappa shape index (κ2) is 5.83. The molecule has 0 spiro atoms. The molecule has 0 radical (unpaired) electrons. The van der Waals surface area contributed by atoms with Gasteiger partial charge in [-0.1, -0.05) is 0 Å². The molecule has 1 aliphatic rings. The lowest BCUT2D eigenvalue weighted by Crippen LogP contribution is -3.15. The van der Waals surface area contributed by atoms with Crippen LogP contribution in [0.1, 0.15) is 11.8 Å². The van der Waals surface area contributed by atoms with Crippen LogP contribution in [0, 0.1) is 0 Å². The van der Waals surface area contributed by atoms with Crippen LogP contribution < -0.4 is 9.62 Å². The van der Waals surface area contributed by atoms with Gasteiger partial charge in [0.1, 0.15) is 13.1 Å². The minimum Gasteiger partial charge on any atom is -0.463 e. The predicted octanol–water partition coefficient (Wildman–Crippen LogP) is -1.21. The highest BCUT2D eigenvalue weighted by Crippen LogP contribution is 2.10. The van der Waals surface area contributed by atoms with Gasteiger partial charge in [-0.3, -0.25) is 0 Å². The van der Waals surface area contributed by atoms with Crippen molar-refractivity contribution in [3.05, 3.63) is 24.2 Å². The van der Waals surface area contributed by atoms with Crippen molar-refractivity contribution in [3.63, 3.8) is 0 Å². The Bertz CT molecular complexity index is 451. The Morgan fingerprint density at radius 3 is 2.72 bits per heavy atom. The van der Waals surface area contributed by atoms with Crippen LogP contribution in [0.4, 0.5) is 0 Å².